The summed E-state index contributed by atoms with van der Waals surface area (Å²) in [5.74, 6) is 1.47. The maximum atomic E-state index is 14.0. The number of ether oxygens (including phenoxy) is 1. The molecular weight excluding hydrogens is 2360 g/mol. The van der Waals surface area contributed by atoms with Crippen molar-refractivity contribution in [3.63, 3.8) is 0 Å². The molecule has 9 atom stereocenters. The van der Waals surface area contributed by atoms with Gasteiger partial charge in [0.2, 0.25) is 0 Å². The zero-order chi connectivity index (χ0) is 99.6. The van der Waals surface area contributed by atoms with Crippen molar-refractivity contribution < 1.29 is 51.6 Å². The van der Waals surface area contributed by atoms with Gasteiger partial charge in [0.25, 0.3) is 0 Å². The normalized spacial score (nSPS) is 13.1. The molecule has 30 heteroatoms. The van der Waals surface area contributed by atoms with Crippen LogP contribution in [0.25, 0.3) is 0 Å². The summed E-state index contributed by atoms with van der Waals surface area (Å²) in [6, 6.07) is 59.6. The van der Waals surface area contributed by atoms with Gasteiger partial charge in [-0.25, -0.2) is 34.1 Å². The molecular formula is C107H149I5N13O8S4-. The molecule has 4 heterocycles. The average Bonchev–Trinajstić information content (AvgIpc) is 1.83. The van der Waals surface area contributed by atoms with E-state index in [0.717, 1.165) is 99.5 Å². The van der Waals surface area contributed by atoms with Crippen molar-refractivity contribution in [1.82, 2.24) is 60.8 Å². The van der Waals surface area contributed by atoms with Crippen molar-refractivity contribution in [2.75, 3.05) is 35.2 Å². The van der Waals surface area contributed by atoms with Gasteiger partial charge in [0, 0.05) is 143 Å². The summed E-state index contributed by atoms with van der Waals surface area (Å²) in [5, 5.41) is 21.7. The number of urea groups is 3. The Bertz CT molecular complexity index is 5010. The molecule has 0 fully saturated rings. The molecule has 0 saturated carbocycles. The fourth-order valence-electron chi connectivity index (χ4n) is 16.0. The Balaban J connectivity index is 0.000000355. The van der Waals surface area contributed by atoms with E-state index in [4.69, 9.17) is 10.5 Å². The number of likely N-dealkylation sites (N-methyl/N-ethyl adjacent to an activating group) is 2. The number of amides is 7. The summed E-state index contributed by atoms with van der Waals surface area (Å²) in [6.45, 7) is 25.9. The number of Topliss-reactive ketones (excluding diaryl/α,β-unsaturated/α-hetero) is 3. The number of thiazole rings is 4. The number of nitrogens with one attached hydrogen (secondary N) is 4. The van der Waals surface area contributed by atoms with Gasteiger partial charge in [-0.1, -0.05) is 273 Å². The van der Waals surface area contributed by atoms with E-state index in [2.05, 4.69) is 254 Å². The van der Waals surface area contributed by atoms with E-state index in [1.165, 1.54) is 33.6 Å². The first-order valence-electron chi connectivity index (χ1n) is 47.1. The summed E-state index contributed by atoms with van der Waals surface area (Å²) in [5.41, 5.74) is 18.1. The van der Waals surface area contributed by atoms with E-state index in [0.29, 0.717) is 102 Å². The number of rotatable bonds is 49. The molecule has 7 amide bonds. The van der Waals surface area contributed by atoms with E-state index >= 15 is 0 Å². The quantitative estimate of drug-likeness (QED) is 0.0222. The van der Waals surface area contributed by atoms with Crippen molar-refractivity contribution in [1.29, 1.82) is 0 Å². The molecule has 10 aromatic rings. The van der Waals surface area contributed by atoms with Crippen LogP contribution in [0.1, 0.15) is 236 Å². The van der Waals surface area contributed by atoms with Crippen LogP contribution in [0.2, 0.25) is 0 Å². The molecule has 0 unspecified atom stereocenters. The first-order valence-corrected chi connectivity index (χ1v) is 69.5. The second-order valence-corrected chi connectivity index (χ2v) is 57.0. The Morgan fingerprint density at radius 1 is 0.409 bits per heavy atom. The van der Waals surface area contributed by atoms with Crippen LogP contribution in [0.3, 0.4) is 0 Å². The van der Waals surface area contributed by atoms with E-state index in [1.807, 2.05) is 150 Å². The number of hydrogen-bond donors (Lipinski definition) is 5. The molecule has 750 valence electrons. The summed E-state index contributed by atoms with van der Waals surface area (Å²) < 4.78 is 5.65. The molecule has 6 aromatic carbocycles. The molecule has 0 spiro atoms. The molecule has 6 N–H and O–H groups in total. The number of nitrogens with zero attached hydrogens (tertiary/aromatic N) is 8. The number of aromatic nitrogens is 4. The van der Waals surface area contributed by atoms with Crippen molar-refractivity contribution in [2.24, 2.45) is 41.2 Å². The number of nitrogens with two attached hydrogens (primary N) is 1. The topological polar surface area (TPSA) is 267 Å². The van der Waals surface area contributed by atoms with Crippen molar-refractivity contribution in [3.05, 3.63) is 280 Å². The second kappa shape index (κ2) is 67.1. The van der Waals surface area contributed by atoms with Crippen molar-refractivity contribution >= 4 is 161 Å². The van der Waals surface area contributed by atoms with Crippen LogP contribution in [0, 0.1) is 35.5 Å². The number of benzene rings is 6. The van der Waals surface area contributed by atoms with Gasteiger partial charge in [0.1, 0.15) is 6.61 Å². The third kappa shape index (κ3) is 46.2. The molecule has 4 aromatic heterocycles. The molecule has 0 radical (unpaired) electrons. The summed E-state index contributed by atoms with van der Waals surface area (Å²) in [7, 11) is 9.04. The van der Waals surface area contributed by atoms with E-state index in [9.17, 15) is 33.6 Å². The third-order valence-electron chi connectivity index (χ3n) is 23.7. The number of halogens is 5. The Hall–Kier alpha value is -6.50. The number of carbonyl (C=O) groups excluding carboxylic acids is 7. The fraction of sp³-hybridized carbons (Fsp3) is 0.486. The third-order valence-corrected chi connectivity index (χ3v) is 28.0. The fourth-order valence-corrected chi connectivity index (χ4v) is 19.0. The van der Waals surface area contributed by atoms with Crippen LogP contribution in [0.4, 0.5) is 19.2 Å². The zero-order valence-electron chi connectivity index (χ0n) is 82.2. The number of carbonyl (C=O) groups is 7. The summed E-state index contributed by atoms with van der Waals surface area (Å²) in [6.07, 6.45) is 12.3. The molecule has 21 nitrogen and oxygen atoms in total. The first-order chi connectivity index (χ1) is 65.2. The molecule has 137 heavy (non-hydrogen) atoms. The van der Waals surface area contributed by atoms with Crippen LogP contribution in [-0.4, -0.2) is 153 Å². The van der Waals surface area contributed by atoms with Crippen molar-refractivity contribution in [2.45, 2.75) is 267 Å². The Morgan fingerprint density at radius 3 is 0.985 bits per heavy atom. The van der Waals surface area contributed by atoms with Crippen LogP contribution in [-0.2, 0) is 83.9 Å². The monoisotopic (exact) mass is 2510 g/mol. The predicted octanol–water partition coefficient (Wildman–Crippen LogP) is 23.0. The SMILES string of the molecule is C.CC(C)c1nc(CN(C)C(=O)N[C@H](C(=O)C[C@H](CC[C@@H](N)Cc2ccccc2)Cc2ccccc2)C(C)C)cs1.CC(C)c1nc(CN(C)C(=O)N[C@H](C(=O)C[C@H](CC[C@H](Cc2ccccc2)N(C)C(=O)OCc2cncs2)Cc2ccccc2)C(C)C)cs1.CN[C@H](CC[C@@H](CC(=O)[C@@H](NC(=O)N(C)Cc1csc(C(C)C)n1)C(C)C)Cc1ccccc1)Cc1ccccc1.II.I[I-]I. The minimum absolute atomic E-state index is 0. The van der Waals surface area contributed by atoms with Crippen molar-refractivity contribution in [3.8, 4) is 0 Å². The molecule has 0 aliphatic heterocycles. The second-order valence-electron chi connectivity index (χ2n) is 37.1. The minimum atomic E-state index is -0.630. The van der Waals surface area contributed by atoms with Gasteiger partial charge in [-0.15, -0.1) is 45.3 Å². The zero-order valence-corrected chi connectivity index (χ0v) is 96.3. The number of hydrogen-bond acceptors (Lipinski definition) is 18. The van der Waals surface area contributed by atoms with Crippen LogP contribution < -0.4 is 40.3 Å². The van der Waals surface area contributed by atoms with E-state index < -0.39 is 18.1 Å². The predicted molar refractivity (Wildman–Crippen MR) is 600 cm³/mol. The van der Waals surface area contributed by atoms with Gasteiger partial charge in [0.15, 0.2) is 17.3 Å². The van der Waals surface area contributed by atoms with Gasteiger partial charge < -0.3 is 51.3 Å². The molecule has 0 saturated heterocycles. The number of ketones is 3. The van der Waals surface area contributed by atoms with E-state index in [-0.39, 0.29) is 103 Å². The van der Waals surface area contributed by atoms with Crippen LogP contribution in [0.15, 0.2) is 210 Å². The standard InChI is InChI=1S/C39H51N5O4S2.C34H48N4O2S.C33H46N4O2S.CH4.I3.I2/c1-27(2)36(42-38(46)43(5)23-32-25-49-37(41-32)28(3)4)35(45)21-31(19-29-13-9-7-10-14-29)17-18-33(20-30-15-11-8-12-16-30)44(6)39(47)48-24-34-22-40-26-50-34;1-24(2)32(37-34(40)38(6)22-30-23-41-33(36-30)25(3)4)31(39)21-28(19-26-13-9-7-10-14-26)17-18-29(35-5)20-27-15-11-8-12-16-27;1-23(2)31(36-33(39)37(5)21-29-22-40-32(35-29)24(3)4)30(38)20-27(18-25-12-8-6-9-13-25)16-17-28(34)19-26-14-10-7-11-15-26;;1-3-2;1-2/h7-16,22,25-28,31,33,36H,17-21,23-24H2,1-6H3,(H,42,46);7-16,23-25,28-29,32,35H,17-22H2,1-6H3,(H,37,40);6-15,22-24,27-28,31H,16-21,34H2,1-5H3,(H,36,39);1H4;;/q;;;;-1;/t31-,33-,36+;28-,29-,32+;27-,28-,31+;;;/m111.../s1. The van der Waals surface area contributed by atoms with Gasteiger partial charge in [0.05, 0.1) is 80.3 Å². The molecule has 0 aliphatic carbocycles. The Labute approximate surface area is 887 Å². The summed E-state index contributed by atoms with van der Waals surface area (Å²) >= 11 is 15.8. The Kier molecular flexibility index (Phi) is 59.3. The molecule has 0 aliphatic rings. The van der Waals surface area contributed by atoms with Gasteiger partial charge in [-0.3, -0.25) is 19.4 Å². The maximum absolute atomic E-state index is 14.0. The first kappa shape index (κ1) is 121. The summed E-state index contributed by atoms with van der Waals surface area (Å²) in [4.78, 5) is 120. The van der Waals surface area contributed by atoms with Gasteiger partial charge >= 0.3 is 74.7 Å². The van der Waals surface area contributed by atoms with E-state index in [1.54, 1.807) is 93.5 Å². The van der Waals surface area contributed by atoms with Gasteiger partial charge in [-0.2, -0.15) is 0 Å². The Morgan fingerprint density at radius 2 is 0.701 bits per heavy atom. The molecule has 0 bridgehead atoms. The van der Waals surface area contributed by atoms with Crippen LogP contribution >= 0.6 is 120 Å². The van der Waals surface area contributed by atoms with Crippen LogP contribution in [0.5, 0.6) is 0 Å². The molecule has 10 rings (SSSR count). The van der Waals surface area contributed by atoms with Gasteiger partial charge in [-0.05, 0) is 153 Å². The average molecular weight is 2510 g/mol.